The number of sulfonamides is 1. The molecule has 0 aliphatic carbocycles. The molecule has 0 saturated heterocycles. The molecule has 0 radical (unpaired) electrons. The molecule has 0 saturated carbocycles. The molecule has 0 spiro atoms. The molecule has 5 nitrogen and oxygen atoms in total. The molecule has 1 rings (SSSR count). The van der Waals surface area contributed by atoms with Gasteiger partial charge < -0.3 is 10.4 Å². The Labute approximate surface area is 128 Å². The maximum Gasteiger partial charge on any atom is 0.242 e. The highest BCUT2D eigenvalue weighted by Gasteiger charge is 2.27. The highest BCUT2D eigenvalue weighted by Crippen LogP contribution is 2.24. The summed E-state index contributed by atoms with van der Waals surface area (Å²) in [6, 6.07) is 6.92. The highest BCUT2D eigenvalue weighted by atomic mass is 32.2. The molecule has 1 aromatic rings. The molecular formula is C15H26N2O3S. The van der Waals surface area contributed by atoms with E-state index in [1.807, 2.05) is 6.92 Å². The van der Waals surface area contributed by atoms with Crippen LogP contribution in [0.5, 0.6) is 0 Å². The Balaban J connectivity index is 3.10. The van der Waals surface area contributed by atoms with Crippen LogP contribution in [-0.4, -0.2) is 44.6 Å². The predicted molar refractivity (Wildman–Crippen MR) is 84.6 cm³/mol. The first-order chi connectivity index (χ1) is 9.67. The van der Waals surface area contributed by atoms with Crippen molar-refractivity contribution in [1.29, 1.82) is 0 Å². The summed E-state index contributed by atoms with van der Waals surface area (Å²) < 4.78 is 25.3. The molecule has 120 valence electrons. The zero-order chi connectivity index (χ0) is 16.3. The van der Waals surface area contributed by atoms with Crippen LogP contribution in [-0.2, 0) is 15.6 Å². The summed E-state index contributed by atoms with van der Waals surface area (Å²) in [6.45, 7) is 5.98. The number of nitrogens with zero attached hydrogens (tertiary/aromatic N) is 1. The van der Waals surface area contributed by atoms with Gasteiger partial charge in [0.15, 0.2) is 0 Å². The molecule has 6 heteroatoms. The van der Waals surface area contributed by atoms with Gasteiger partial charge in [-0.25, -0.2) is 12.7 Å². The van der Waals surface area contributed by atoms with Crippen molar-refractivity contribution in [2.45, 2.75) is 43.7 Å². The van der Waals surface area contributed by atoms with E-state index >= 15 is 0 Å². The van der Waals surface area contributed by atoms with Crippen LogP contribution in [0, 0.1) is 0 Å². The topological polar surface area (TPSA) is 69.6 Å². The zero-order valence-corrected chi connectivity index (χ0v) is 14.2. The SMILES string of the molecule is CCC(C)NC(C)(CO)c1ccc(S(=O)(=O)N(C)C)cc1. The van der Waals surface area contributed by atoms with E-state index in [2.05, 4.69) is 19.2 Å². The van der Waals surface area contributed by atoms with Crippen LogP contribution in [0.25, 0.3) is 0 Å². The van der Waals surface area contributed by atoms with Gasteiger partial charge in [-0.3, -0.25) is 0 Å². The second kappa shape index (κ2) is 6.87. The van der Waals surface area contributed by atoms with E-state index in [0.717, 1.165) is 12.0 Å². The number of rotatable bonds is 7. The van der Waals surface area contributed by atoms with E-state index in [0.29, 0.717) is 0 Å². The third-order valence-electron chi connectivity index (χ3n) is 3.76. The van der Waals surface area contributed by atoms with Crippen molar-refractivity contribution < 1.29 is 13.5 Å². The van der Waals surface area contributed by atoms with Gasteiger partial charge in [0.1, 0.15) is 0 Å². The number of aliphatic hydroxyl groups is 1. The van der Waals surface area contributed by atoms with Crippen molar-refractivity contribution in [2.75, 3.05) is 20.7 Å². The first kappa shape index (κ1) is 18.1. The maximum absolute atomic E-state index is 12.0. The fraction of sp³-hybridized carbons (Fsp3) is 0.600. The predicted octanol–water partition coefficient (Wildman–Crippen LogP) is 1.53. The fourth-order valence-corrected chi connectivity index (χ4v) is 2.97. The van der Waals surface area contributed by atoms with Gasteiger partial charge in [-0.1, -0.05) is 19.1 Å². The van der Waals surface area contributed by atoms with Crippen LogP contribution in [0.2, 0.25) is 0 Å². The molecule has 0 aliphatic heterocycles. The highest BCUT2D eigenvalue weighted by molar-refractivity contribution is 7.89. The van der Waals surface area contributed by atoms with Crippen LogP contribution in [0.1, 0.15) is 32.8 Å². The lowest BCUT2D eigenvalue weighted by Crippen LogP contribution is -2.47. The molecule has 2 unspecified atom stereocenters. The molecule has 2 N–H and O–H groups in total. The molecular weight excluding hydrogens is 288 g/mol. The first-order valence-corrected chi connectivity index (χ1v) is 8.53. The minimum Gasteiger partial charge on any atom is -0.394 e. The Morgan fingerprint density at radius 2 is 1.81 bits per heavy atom. The summed E-state index contributed by atoms with van der Waals surface area (Å²) in [5.41, 5.74) is 0.276. The number of nitrogens with one attached hydrogen (secondary N) is 1. The average Bonchev–Trinajstić information content (AvgIpc) is 2.46. The monoisotopic (exact) mass is 314 g/mol. The lowest BCUT2D eigenvalue weighted by Gasteiger charge is -2.32. The van der Waals surface area contributed by atoms with Crippen molar-refractivity contribution in [3.8, 4) is 0 Å². The van der Waals surface area contributed by atoms with Gasteiger partial charge in [-0.05, 0) is 38.0 Å². The quantitative estimate of drug-likeness (QED) is 0.801. The van der Waals surface area contributed by atoms with Crippen molar-refractivity contribution in [1.82, 2.24) is 9.62 Å². The van der Waals surface area contributed by atoms with Crippen molar-refractivity contribution >= 4 is 10.0 Å². The number of aliphatic hydroxyl groups excluding tert-OH is 1. The summed E-state index contributed by atoms with van der Waals surface area (Å²) in [4.78, 5) is 0.250. The maximum atomic E-state index is 12.0. The van der Waals surface area contributed by atoms with E-state index in [9.17, 15) is 13.5 Å². The zero-order valence-electron chi connectivity index (χ0n) is 13.4. The Hall–Kier alpha value is -0.950. The molecule has 21 heavy (non-hydrogen) atoms. The van der Waals surface area contributed by atoms with Crippen LogP contribution in [0.15, 0.2) is 29.2 Å². The van der Waals surface area contributed by atoms with Crippen molar-refractivity contribution in [3.63, 3.8) is 0 Å². The van der Waals surface area contributed by atoms with Crippen molar-refractivity contribution in [3.05, 3.63) is 29.8 Å². The second-order valence-electron chi connectivity index (χ2n) is 5.76. The van der Waals surface area contributed by atoms with Gasteiger partial charge in [-0.15, -0.1) is 0 Å². The van der Waals surface area contributed by atoms with Gasteiger partial charge in [0.25, 0.3) is 0 Å². The molecule has 0 amide bonds. The third-order valence-corrected chi connectivity index (χ3v) is 5.59. The van der Waals surface area contributed by atoms with Gasteiger partial charge in [-0.2, -0.15) is 0 Å². The first-order valence-electron chi connectivity index (χ1n) is 7.09. The Bertz CT molecular complexity index is 555. The number of benzene rings is 1. The summed E-state index contributed by atoms with van der Waals surface area (Å²) in [6.07, 6.45) is 0.947. The van der Waals surface area contributed by atoms with Crippen LogP contribution >= 0.6 is 0 Å². The molecule has 0 bridgehead atoms. The Kier molecular flexibility index (Phi) is 5.92. The third kappa shape index (κ3) is 4.03. The molecule has 0 fully saturated rings. The molecule has 0 aromatic heterocycles. The van der Waals surface area contributed by atoms with Gasteiger partial charge in [0.05, 0.1) is 17.0 Å². The standard InChI is InChI=1S/C15H26N2O3S/c1-6-12(2)16-15(3,11-18)13-7-9-14(10-8-13)21(19,20)17(4)5/h7-10,12,16,18H,6,11H2,1-5H3. The summed E-state index contributed by atoms with van der Waals surface area (Å²) in [5.74, 6) is 0. The minimum atomic E-state index is -3.42. The second-order valence-corrected chi connectivity index (χ2v) is 7.91. The lowest BCUT2D eigenvalue weighted by molar-refractivity contribution is 0.162. The van der Waals surface area contributed by atoms with Gasteiger partial charge in [0, 0.05) is 20.1 Å². The van der Waals surface area contributed by atoms with Crippen LogP contribution in [0.3, 0.4) is 0 Å². The normalized spacial score (nSPS) is 16.7. The average molecular weight is 314 g/mol. The minimum absolute atomic E-state index is 0.0584. The number of hydrogen-bond donors (Lipinski definition) is 2. The van der Waals surface area contributed by atoms with Crippen LogP contribution in [0.4, 0.5) is 0 Å². The fourth-order valence-electron chi connectivity index (χ4n) is 2.07. The van der Waals surface area contributed by atoms with E-state index in [1.54, 1.807) is 24.3 Å². The lowest BCUT2D eigenvalue weighted by atomic mass is 9.92. The van der Waals surface area contributed by atoms with Crippen LogP contribution < -0.4 is 5.32 Å². The van der Waals surface area contributed by atoms with E-state index < -0.39 is 15.6 Å². The smallest absolute Gasteiger partial charge is 0.242 e. The van der Waals surface area contributed by atoms with Gasteiger partial charge in [0.2, 0.25) is 10.0 Å². The summed E-state index contributed by atoms with van der Waals surface area (Å²) in [5, 5.41) is 13.1. The van der Waals surface area contributed by atoms with Gasteiger partial charge >= 0.3 is 0 Å². The summed E-state index contributed by atoms with van der Waals surface area (Å²) >= 11 is 0. The Morgan fingerprint density at radius 3 is 2.19 bits per heavy atom. The Morgan fingerprint density at radius 1 is 1.29 bits per heavy atom. The van der Waals surface area contributed by atoms with E-state index in [4.69, 9.17) is 0 Å². The number of hydrogen-bond acceptors (Lipinski definition) is 4. The molecule has 0 aliphatic rings. The molecule has 0 heterocycles. The van der Waals surface area contributed by atoms with Crippen molar-refractivity contribution in [2.24, 2.45) is 0 Å². The molecule has 2 atom stereocenters. The summed E-state index contributed by atoms with van der Waals surface area (Å²) in [7, 11) is -0.412. The van der Waals surface area contributed by atoms with E-state index in [1.165, 1.54) is 18.4 Å². The largest absolute Gasteiger partial charge is 0.394 e. The molecule has 1 aromatic carbocycles. The van der Waals surface area contributed by atoms with E-state index in [-0.39, 0.29) is 17.5 Å².